The summed E-state index contributed by atoms with van der Waals surface area (Å²) < 4.78 is 2.32. The molecule has 0 spiro atoms. The second-order valence-electron chi connectivity index (χ2n) is 11.2. The zero-order chi connectivity index (χ0) is 29.3. The average Bonchev–Trinajstić information content (AvgIpc) is 3.44. The van der Waals surface area contributed by atoms with Gasteiger partial charge < -0.3 is 0 Å². The number of benzene rings is 6. The highest BCUT2D eigenvalue weighted by molar-refractivity contribution is 7.20. The summed E-state index contributed by atoms with van der Waals surface area (Å²) in [5.41, 5.74) is 5.72. The Kier molecular flexibility index (Phi) is 6.51. The van der Waals surface area contributed by atoms with E-state index in [0.29, 0.717) is 0 Å². The van der Waals surface area contributed by atoms with Crippen LogP contribution in [0.25, 0.3) is 38.8 Å². The first-order valence-electron chi connectivity index (χ1n) is 15.1. The van der Waals surface area contributed by atoms with E-state index >= 15 is 0 Å². The molecular formula is C41H30N2Si. The molecule has 2 heterocycles. The molecule has 0 bridgehead atoms. The second-order valence-corrected chi connectivity index (χ2v) is 15.0. The third kappa shape index (κ3) is 4.21. The summed E-state index contributed by atoms with van der Waals surface area (Å²) in [6.45, 7) is 0. The van der Waals surface area contributed by atoms with Crippen LogP contribution in [-0.2, 0) is 0 Å². The van der Waals surface area contributed by atoms with Crippen molar-refractivity contribution in [1.29, 1.82) is 0 Å². The minimum atomic E-state index is -2.75. The Morgan fingerprint density at radius 2 is 0.932 bits per heavy atom. The topological polar surface area (TPSA) is 17.8 Å². The van der Waals surface area contributed by atoms with Crippen LogP contribution < -0.4 is 20.7 Å². The van der Waals surface area contributed by atoms with E-state index < -0.39 is 8.07 Å². The highest BCUT2D eigenvalue weighted by Crippen LogP contribution is 2.30. The molecule has 0 saturated carbocycles. The van der Waals surface area contributed by atoms with Crippen molar-refractivity contribution in [1.82, 2.24) is 9.55 Å². The summed E-state index contributed by atoms with van der Waals surface area (Å²) in [4.78, 5) is 4.87. The van der Waals surface area contributed by atoms with Gasteiger partial charge in [-0.1, -0.05) is 146 Å². The molecular weight excluding hydrogens is 549 g/mol. The van der Waals surface area contributed by atoms with Crippen molar-refractivity contribution in [2.75, 3.05) is 0 Å². The van der Waals surface area contributed by atoms with E-state index in [9.17, 15) is 0 Å². The predicted octanol–water partition coefficient (Wildman–Crippen LogP) is 7.22. The summed E-state index contributed by atoms with van der Waals surface area (Å²) >= 11 is 0. The molecule has 8 rings (SSSR count). The van der Waals surface area contributed by atoms with Crippen molar-refractivity contribution in [2.45, 2.75) is 0 Å². The fraction of sp³-hybridized carbons (Fsp3) is 0. The molecule has 0 atom stereocenters. The SMILES string of the molecule is c1ccc(-c2ccc([Si](c3ccccc3)(c3ccccc3)c3ccc4c5cccnc5n(-c5ccccc5)c4c3)cc2)cc1. The molecule has 0 aliphatic heterocycles. The Balaban J connectivity index is 1.46. The highest BCUT2D eigenvalue weighted by Gasteiger charge is 2.41. The number of aromatic nitrogens is 2. The number of hydrogen-bond donors (Lipinski definition) is 0. The largest absolute Gasteiger partial charge is 0.294 e. The van der Waals surface area contributed by atoms with Gasteiger partial charge in [0, 0.05) is 22.7 Å². The van der Waals surface area contributed by atoms with E-state index in [1.165, 1.54) is 42.8 Å². The van der Waals surface area contributed by atoms with Crippen LogP contribution in [-0.4, -0.2) is 17.6 Å². The van der Waals surface area contributed by atoms with Gasteiger partial charge in [-0.2, -0.15) is 0 Å². The molecule has 208 valence electrons. The normalized spacial score (nSPS) is 11.6. The van der Waals surface area contributed by atoms with Gasteiger partial charge in [0.05, 0.1) is 5.52 Å². The van der Waals surface area contributed by atoms with Crippen LogP contribution in [0.15, 0.2) is 182 Å². The van der Waals surface area contributed by atoms with Crippen molar-refractivity contribution in [3.63, 3.8) is 0 Å². The van der Waals surface area contributed by atoms with Crippen molar-refractivity contribution in [2.24, 2.45) is 0 Å². The second kappa shape index (κ2) is 11.0. The molecule has 0 radical (unpaired) electrons. The van der Waals surface area contributed by atoms with Gasteiger partial charge in [0.25, 0.3) is 0 Å². The summed E-state index contributed by atoms with van der Waals surface area (Å²) in [7, 11) is -2.75. The van der Waals surface area contributed by atoms with Gasteiger partial charge in [0.2, 0.25) is 0 Å². The Labute approximate surface area is 258 Å². The third-order valence-corrected chi connectivity index (χ3v) is 13.6. The Morgan fingerprint density at radius 1 is 0.409 bits per heavy atom. The van der Waals surface area contributed by atoms with Crippen LogP contribution in [0.3, 0.4) is 0 Å². The lowest BCUT2D eigenvalue weighted by Crippen LogP contribution is -2.74. The Bertz CT molecular complexity index is 2150. The van der Waals surface area contributed by atoms with Crippen LogP contribution in [0.4, 0.5) is 0 Å². The maximum atomic E-state index is 4.87. The number of pyridine rings is 1. The molecule has 8 aromatic rings. The fourth-order valence-corrected chi connectivity index (χ4v) is 11.6. The number of fused-ring (bicyclic) bond motifs is 3. The first-order valence-corrected chi connectivity index (χ1v) is 17.1. The van der Waals surface area contributed by atoms with Gasteiger partial charge in [0.1, 0.15) is 5.65 Å². The van der Waals surface area contributed by atoms with Gasteiger partial charge in [-0.05, 0) is 62.2 Å². The zero-order valence-electron chi connectivity index (χ0n) is 24.2. The van der Waals surface area contributed by atoms with Gasteiger partial charge in [0.15, 0.2) is 8.07 Å². The molecule has 0 unspecified atom stereocenters. The van der Waals surface area contributed by atoms with Crippen LogP contribution >= 0.6 is 0 Å². The zero-order valence-corrected chi connectivity index (χ0v) is 25.2. The van der Waals surface area contributed by atoms with E-state index in [0.717, 1.165) is 16.7 Å². The van der Waals surface area contributed by atoms with E-state index in [4.69, 9.17) is 4.98 Å². The van der Waals surface area contributed by atoms with E-state index in [1.54, 1.807) is 0 Å². The highest BCUT2D eigenvalue weighted by atomic mass is 28.3. The lowest BCUT2D eigenvalue weighted by Gasteiger charge is -2.34. The van der Waals surface area contributed by atoms with Crippen molar-refractivity contribution in [3.8, 4) is 16.8 Å². The maximum Gasteiger partial charge on any atom is 0.179 e. The molecule has 2 aromatic heterocycles. The summed E-state index contributed by atoms with van der Waals surface area (Å²) in [6, 6.07) is 64.2. The number of para-hydroxylation sites is 1. The van der Waals surface area contributed by atoms with Gasteiger partial charge in [-0.15, -0.1) is 0 Å². The molecule has 44 heavy (non-hydrogen) atoms. The molecule has 0 N–H and O–H groups in total. The number of rotatable bonds is 6. The molecule has 6 aromatic carbocycles. The van der Waals surface area contributed by atoms with Crippen molar-refractivity contribution < 1.29 is 0 Å². The third-order valence-electron chi connectivity index (χ3n) is 8.81. The molecule has 0 aliphatic carbocycles. The number of hydrogen-bond acceptors (Lipinski definition) is 1. The molecule has 3 heteroatoms. The fourth-order valence-electron chi connectivity index (χ4n) is 6.84. The minimum Gasteiger partial charge on any atom is -0.294 e. The smallest absolute Gasteiger partial charge is 0.179 e. The molecule has 2 nitrogen and oxygen atoms in total. The predicted molar refractivity (Wildman–Crippen MR) is 188 cm³/mol. The summed E-state index contributed by atoms with van der Waals surface area (Å²) in [5, 5.41) is 7.79. The van der Waals surface area contributed by atoms with Crippen molar-refractivity contribution >= 4 is 50.8 Å². The van der Waals surface area contributed by atoms with Gasteiger partial charge in [-0.25, -0.2) is 4.98 Å². The standard InChI is InChI=1S/C41H30N2Si/c1-5-14-31(15-6-1)32-23-25-36(26-24-32)44(34-18-9-3-10-19-34,35-20-11-4-12-21-35)37-27-28-38-39-22-13-29-42-41(39)43(40(38)30-37)33-16-7-2-8-17-33/h1-30H. The summed E-state index contributed by atoms with van der Waals surface area (Å²) in [6.07, 6.45) is 1.89. The van der Waals surface area contributed by atoms with Crippen LogP contribution in [0.5, 0.6) is 0 Å². The van der Waals surface area contributed by atoms with Crippen LogP contribution in [0.2, 0.25) is 0 Å². The molecule has 0 saturated heterocycles. The van der Waals surface area contributed by atoms with Gasteiger partial charge in [-0.3, -0.25) is 4.57 Å². The van der Waals surface area contributed by atoms with E-state index in [-0.39, 0.29) is 0 Å². The summed E-state index contributed by atoms with van der Waals surface area (Å²) in [5.74, 6) is 0. The average molecular weight is 579 g/mol. The van der Waals surface area contributed by atoms with E-state index in [1.807, 2.05) is 12.3 Å². The maximum absolute atomic E-state index is 4.87. The van der Waals surface area contributed by atoms with Crippen LogP contribution in [0.1, 0.15) is 0 Å². The quantitative estimate of drug-likeness (QED) is 0.150. The molecule has 0 amide bonds. The van der Waals surface area contributed by atoms with Crippen molar-refractivity contribution in [3.05, 3.63) is 182 Å². The lowest BCUT2D eigenvalue weighted by atomic mass is 10.1. The first-order chi connectivity index (χ1) is 21.8. The van der Waals surface area contributed by atoms with Crippen LogP contribution in [0, 0.1) is 0 Å². The first kappa shape index (κ1) is 26.1. The Morgan fingerprint density at radius 3 is 1.57 bits per heavy atom. The molecule has 0 fully saturated rings. The number of nitrogens with zero attached hydrogens (tertiary/aromatic N) is 2. The molecule has 0 aliphatic rings. The van der Waals surface area contributed by atoms with E-state index in [2.05, 4.69) is 174 Å². The Hall–Kier alpha value is -5.51. The monoisotopic (exact) mass is 578 g/mol. The minimum absolute atomic E-state index is 0.977. The van der Waals surface area contributed by atoms with Gasteiger partial charge >= 0.3 is 0 Å². The lowest BCUT2D eigenvalue weighted by molar-refractivity contribution is 1.14.